The number of nitrogen functional groups attached to an aromatic ring is 1. The lowest BCUT2D eigenvalue weighted by Gasteiger charge is -2.09. The third kappa shape index (κ3) is 5.56. The van der Waals surface area contributed by atoms with E-state index in [1.165, 1.54) is 5.56 Å². The highest BCUT2D eigenvalue weighted by atomic mass is 16.5. The van der Waals surface area contributed by atoms with Gasteiger partial charge < -0.3 is 25.5 Å². The molecule has 0 spiro atoms. The number of nitrogens with two attached hydrogens (primary N) is 1. The summed E-state index contributed by atoms with van der Waals surface area (Å²) in [4.78, 5) is 24.8. The van der Waals surface area contributed by atoms with Gasteiger partial charge in [0, 0.05) is 10.9 Å². The maximum absolute atomic E-state index is 12.4. The maximum atomic E-state index is 12.4. The van der Waals surface area contributed by atoms with Gasteiger partial charge >= 0.3 is 0 Å². The number of furan rings is 1. The summed E-state index contributed by atoms with van der Waals surface area (Å²) in [5.41, 5.74) is 9.33. The number of fused-ring (bicyclic) bond motifs is 1. The van der Waals surface area contributed by atoms with Gasteiger partial charge in [-0.05, 0) is 66.6 Å². The average molecular weight is 458 g/mol. The molecule has 0 saturated carbocycles. The van der Waals surface area contributed by atoms with Gasteiger partial charge in [0.05, 0.1) is 17.9 Å². The van der Waals surface area contributed by atoms with E-state index in [9.17, 15) is 9.59 Å². The van der Waals surface area contributed by atoms with Gasteiger partial charge in [0.15, 0.2) is 5.76 Å². The van der Waals surface area contributed by atoms with Crippen LogP contribution in [0, 0.1) is 0 Å². The minimum atomic E-state index is -0.288. The average Bonchev–Trinajstić information content (AvgIpc) is 3.27. The van der Waals surface area contributed by atoms with Gasteiger partial charge in [-0.2, -0.15) is 0 Å². The van der Waals surface area contributed by atoms with Crippen LogP contribution in [0.3, 0.4) is 0 Å². The molecular formula is C27H27N3O4. The molecule has 0 fully saturated rings. The van der Waals surface area contributed by atoms with Crippen LogP contribution in [0.1, 0.15) is 39.8 Å². The van der Waals surface area contributed by atoms with Gasteiger partial charge in [-0.25, -0.2) is 0 Å². The van der Waals surface area contributed by atoms with Crippen molar-refractivity contribution >= 4 is 34.2 Å². The quantitative estimate of drug-likeness (QED) is 0.241. The van der Waals surface area contributed by atoms with Gasteiger partial charge in [-0.3, -0.25) is 9.59 Å². The Kier molecular flexibility index (Phi) is 7.13. The topological polar surface area (TPSA) is 107 Å². The summed E-state index contributed by atoms with van der Waals surface area (Å²) in [5, 5.41) is 6.51. The Hall–Kier alpha value is -4.26. The summed E-state index contributed by atoms with van der Waals surface area (Å²) in [6, 6.07) is 21.6. The Balaban J connectivity index is 1.25. The molecule has 0 saturated heterocycles. The molecule has 174 valence electrons. The molecule has 0 atom stereocenters. The Bertz CT molecular complexity index is 1290. The third-order valence-corrected chi connectivity index (χ3v) is 5.33. The predicted octanol–water partition coefficient (Wildman–Crippen LogP) is 5.03. The van der Waals surface area contributed by atoms with E-state index in [0.29, 0.717) is 34.8 Å². The number of hydrogen-bond donors (Lipinski definition) is 3. The zero-order chi connectivity index (χ0) is 23.9. The zero-order valence-electron chi connectivity index (χ0n) is 19.0. The van der Waals surface area contributed by atoms with Crippen LogP contribution in [0.25, 0.3) is 11.0 Å². The lowest BCUT2D eigenvalue weighted by molar-refractivity contribution is 0.0921. The monoisotopic (exact) mass is 457 g/mol. The zero-order valence-corrected chi connectivity index (χ0v) is 19.0. The van der Waals surface area contributed by atoms with Crippen molar-refractivity contribution in [3.63, 3.8) is 0 Å². The second kappa shape index (κ2) is 10.6. The normalized spacial score (nSPS) is 10.7. The SMILES string of the molecule is CCCc1ccc2oc(C(=O)NCCOc3ccc(C(=O)Nc4ccccc4N)cc3)cc2c1. The van der Waals surface area contributed by atoms with Crippen molar-refractivity contribution in [2.75, 3.05) is 24.2 Å². The molecule has 0 aliphatic heterocycles. The number of carbonyl (C=O) groups is 2. The second-order valence-corrected chi connectivity index (χ2v) is 7.90. The fraction of sp³-hybridized carbons (Fsp3) is 0.185. The van der Waals surface area contributed by atoms with Crippen LogP contribution in [0.5, 0.6) is 5.75 Å². The van der Waals surface area contributed by atoms with Crippen LogP contribution in [-0.4, -0.2) is 25.0 Å². The molecule has 7 nitrogen and oxygen atoms in total. The molecule has 0 aliphatic carbocycles. The number of hydrogen-bond acceptors (Lipinski definition) is 5. The van der Waals surface area contributed by atoms with Gasteiger partial charge in [-0.15, -0.1) is 0 Å². The molecule has 34 heavy (non-hydrogen) atoms. The molecule has 4 rings (SSSR count). The van der Waals surface area contributed by atoms with Crippen molar-refractivity contribution in [2.24, 2.45) is 0 Å². The maximum Gasteiger partial charge on any atom is 0.287 e. The van der Waals surface area contributed by atoms with Crippen LogP contribution in [0.15, 0.2) is 77.2 Å². The number of para-hydroxylation sites is 2. The number of aryl methyl sites for hydroxylation is 1. The molecule has 7 heteroatoms. The molecule has 2 amide bonds. The summed E-state index contributed by atoms with van der Waals surface area (Å²) in [6.07, 6.45) is 2.06. The number of ether oxygens (including phenoxy) is 1. The summed E-state index contributed by atoms with van der Waals surface area (Å²) in [5.74, 6) is 0.323. The highest BCUT2D eigenvalue weighted by Gasteiger charge is 2.12. The highest BCUT2D eigenvalue weighted by molar-refractivity contribution is 6.05. The molecule has 1 heterocycles. The molecule has 3 aromatic carbocycles. The first-order chi connectivity index (χ1) is 16.5. The van der Waals surface area contributed by atoms with Crippen molar-refractivity contribution in [2.45, 2.75) is 19.8 Å². The number of nitrogens with one attached hydrogen (secondary N) is 2. The minimum Gasteiger partial charge on any atom is -0.492 e. The van der Waals surface area contributed by atoms with Crippen LogP contribution in [0.4, 0.5) is 11.4 Å². The fourth-order valence-corrected chi connectivity index (χ4v) is 3.58. The van der Waals surface area contributed by atoms with Crippen LogP contribution in [0.2, 0.25) is 0 Å². The number of benzene rings is 3. The van der Waals surface area contributed by atoms with E-state index in [0.717, 1.165) is 18.2 Å². The lowest BCUT2D eigenvalue weighted by atomic mass is 10.1. The molecular weight excluding hydrogens is 430 g/mol. The molecule has 0 unspecified atom stereocenters. The Morgan fingerprint density at radius 1 is 0.971 bits per heavy atom. The Labute approximate surface area is 197 Å². The van der Waals surface area contributed by atoms with Crippen molar-refractivity contribution in [3.8, 4) is 5.75 Å². The van der Waals surface area contributed by atoms with E-state index < -0.39 is 0 Å². The van der Waals surface area contributed by atoms with Gasteiger partial charge in [0.25, 0.3) is 11.8 Å². The predicted molar refractivity (Wildman–Crippen MR) is 133 cm³/mol. The molecule has 0 aliphatic rings. The Morgan fingerprint density at radius 2 is 1.76 bits per heavy atom. The van der Waals surface area contributed by atoms with Crippen molar-refractivity contribution in [3.05, 3.63) is 89.7 Å². The standard InChI is InChI=1S/C27H27N3O4/c1-2-5-18-8-13-24-20(16-18)17-25(34-24)27(32)29-14-15-33-21-11-9-19(10-12-21)26(31)30-23-7-4-3-6-22(23)28/h3-4,6-13,16-17H,2,5,14-15,28H2,1H3,(H,29,32)(H,30,31). The van der Waals surface area contributed by atoms with Crippen molar-refractivity contribution < 1.29 is 18.7 Å². The van der Waals surface area contributed by atoms with E-state index in [4.69, 9.17) is 14.9 Å². The first-order valence-electron chi connectivity index (χ1n) is 11.2. The summed E-state index contributed by atoms with van der Waals surface area (Å²) < 4.78 is 11.3. The summed E-state index contributed by atoms with van der Waals surface area (Å²) in [7, 11) is 0. The van der Waals surface area contributed by atoms with Crippen LogP contribution in [-0.2, 0) is 6.42 Å². The van der Waals surface area contributed by atoms with E-state index >= 15 is 0 Å². The van der Waals surface area contributed by atoms with Gasteiger partial charge in [0.2, 0.25) is 0 Å². The molecule has 1 aromatic heterocycles. The molecule has 0 bridgehead atoms. The van der Waals surface area contributed by atoms with Gasteiger partial charge in [-0.1, -0.05) is 31.5 Å². The van der Waals surface area contributed by atoms with Crippen molar-refractivity contribution in [1.29, 1.82) is 0 Å². The number of amides is 2. The van der Waals surface area contributed by atoms with E-state index in [-0.39, 0.29) is 24.2 Å². The lowest BCUT2D eigenvalue weighted by Crippen LogP contribution is -2.27. The van der Waals surface area contributed by atoms with E-state index in [1.807, 2.05) is 12.1 Å². The molecule has 0 radical (unpaired) electrons. The molecule has 4 aromatic rings. The summed E-state index contributed by atoms with van der Waals surface area (Å²) >= 11 is 0. The second-order valence-electron chi connectivity index (χ2n) is 7.90. The van der Waals surface area contributed by atoms with Crippen molar-refractivity contribution in [1.82, 2.24) is 5.32 Å². The fourth-order valence-electron chi connectivity index (χ4n) is 3.58. The third-order valence-electron chi connectivity index (χ3n) is 5.33. The first-order valence-corrected chi connectivity index (χ1v) is 11.2. The largest absolute Gasteiger partial charge is 0.492 e. The van der Waals surface area contributed by atoms with Crippen LogP contribution >= 0.6 is 0 Å². The summed E-state index contributed by atoms with van der Waals surface area (Å²) in [6.45, 7) is 2.72. The smallest absolute Gasteiger partial charge is 0.287 e. The number of carbonyl (C=O) groups excluding carboxylic acids is 2. The Morgan fingerprint density at radius 3 is 2.53 bits per heavy atom. The number of rotatable bonds is 9. The highest BCUT2D eigenvalue weighted by Crippen LogP contribution is 2.22. The molecule has 4 N–H and O–H groups in total. The van der Waals surface area contributed by atoms with Gasteiger partial charge in [0.1, 0.15) is 17.9 Å². The minimum absolute atomic E-state index is 0.260. The first kappa shape index (κ1) is 22.9. The number of anilines is 2. The van der Waals surface area contributed by atoms with E-state index in [2.05, 4.69) is 23.6 Å². The van der Waals surface area contributed by atoms with E-state index in [1.54, 1.807) is 54.6 Å². The van der Waals surface area contributed by atoms with Crippen LogP contribution < -0.4 is 21.1 Å².